The van der Waals surface area contributed by atoms with Gasteiger partial charge in [-0.1, -0.05) is 0 Å². The highest BCUT2D eigenvalue weighted by molar-refractivity contribution is 7.89. The standard InChI is InChI=1S/C12H18N2O4S2/c1-8-7-19-10(12(15)16)11(8)20(17,18)14(2)9-3-5-13-6-4-9/h7,9,13H,3-6H2,1-2H3,(H,15,16). The lowest BCUT2D eigenvalue weighted by molar-refractivity contribution is 0.0698. The van der Waals surface area contributed by atoms with Crippen LogP contribution in [0.5, 0.6) is 0 Å². The van der Waals surface area contributed by atoms with Crippen molar-refractivity contribution >= 4 is 27.3 Å². The topological polar surface area (TPSA) is 86.7 Å². The number of carbonyl (C=O) groups is 1. The molecule has 1 aliphatic rings. The van der Waals surface area contributed by atoms with Crippen LogP contribution in [0, 0.1) is 6.92 Å². The van der Waals surface area contributed by atoms with Gasteiger partial charge in [0.2, 0.25) is 10.0 Å². The smallest absolute Gasteiger partial charge is 0.347 e. The Balaban J connectivity index is 2.39. The molecule has 0 amide bonds. The largest absolute Gasteiger partial charge is 0.477 e. The van der Waals surface area contributed by atoms with Crippen molar-refractivity contribution < 1.29 is 18.3 Å². The van der Waals surface area contributed by atoms with Crippen LogP contribution in [0.2, 0.25) is 0 Å². The van der Waals surface area contributed by atoms with E-state index in [2.05, 4.69) is 5.32 Å². The third kappa shape index (κ3) is 2.73. The van der Waals surface area contributed by atoms with Crippen LogP contribution in [0.4, 0.5) is 0 Å². The van der Waals surface area contributed by atoms with Gasteiger partial charge in [0.25, 0.3) is 0 Å². The summed E-state index contributed by atoms with van der Waals surface area (Å²) in [7, 11) is -2.23. The molecular formula is C12H18N2O4S2. The lowest BCUT2D eigenvalue weighted by Gasteiger charge is -2.31. The quantitative estimate of drug-likeness (QED) is 0.869. The molecule has 2 N–H and O–H groups in total. The van der Waals surface area contributed by atoms with E-state index in [-0.39, 0.29) is 15.8 Å². The maximum Gasteiger partial charge on any atom is 0.347 e. The number of carboxylic acid groups (broad SMARTS) is 1. The van der Waals surface area contributed by atoms with Gasteiger partial charge in [0.1, 0.15) is 9.77 Å². The van der Waals surface area contributed by atoms with Gasteiger partial charge in [-0.2, -0.15) is 4.31 Å². The van der Waals surface area contributed by atoms with Gasteiger partial charge >= 0.3 is 5.97 Å². The van der Waals surface area contributed by atoms with E-state index in [1.54, 1.807) is 12.3 Å². The summed E-state index contributed by atoms with van der Waals surface area (Å²) in [6.07, 6.45) is 1.47. The average molecular weight is 318 g/mol. The summed E-state index contributed by atoms with van der Waals surface area (Å²) in [5.41, 5.74) is 0.494. The summed E-state index contributed by atoms with van der Waals surface area (Å²) in [6, 6.07) is -0.0813. The van der Waals surface area contributed by atoms with Crippen molar-refractivity contribution in [3.8, 4) is 0 Å². The molecule has 0 spiro atoms. The minimum Gasteiger partial charge on any atom is -0.477 e. The molecule has 1 aliphatic heterocycles. The van der Waals surface area contributed by atoms with Gasteiger partial charge in [-0.15, -0.1) is 11.3 Å². The van der Waals surface area contributed by atoms with Crippen molar-refractivity contribution in [2.24, 2.45) is 0 Å². The summed E-state index contributed by atoms with van der Waals surface area (Å²) >= 11 is 0.957. The number of aryl methyl sites for hydroxylation is 1. The predicted octanol–water partition coefficient (Wildman–Crippen LogP) is 1.13. The molecule has 1 aromatic rings. The normalized spacial score (nSPS) is 17.6. The molecule has 0 aromatic carbocycles. The number of piperidine rings is 1. The summed E-state index contributed by atoms with van der Waals surface area (Å²) in [5, 5.41) is 13.9. The van der Waals surface area contributed by atoms with Crippen molar-refractivity contribution in [2.45, 2.75) is 30.7 Å². The van der Waals surface area contributed by atoms with Crippen LogP contribution in [0.1, 0.15) is 28.1 Å². The first-order valence-electron chi connectivity index (χ1n) is 6.36. The molecule has 20 heavy (non-hydrogen) atoms. The molecule has 0 saturated carbocycles. The van der Waals surface area contributed by atoms with Gasteiger partial charge in [0, 0.05) is 13.1 Å². The van der Waals surface area contributed by atoms with Crippen LogP contribution in [0.25, 0.3) is 0 Å². The molecule has 1 aromatic heterocycles. The zero-order valence-electron chi connectivity index (χ0n) is 11.4. The van der Waals surface area contributed by atoms with E-state index < -0.39 is 16.0 Å². The summed E-state index contributed by atoms with van der Waals surface area (Å²) in [5.74, 6) is -1.19. The van der Waals surface area contributed by atoms with E-state index in [9.17, 15) is 13.2 Å². The number of sulfonamides is 1. The van der Waals surface area contributed by atoms with Crippen LogP contribution in [-0.4, -0.2) is 50.0 Å². The highest BCUT2D eigenvalue weighted by Gasteiger charge is 2.34. The number of hydrogen-bond donors (Lipinski definition) is 2. The van der Waals surface area contributed by atoms with Crippen LogP contribution >= 0.6 is 11.3 Å². The van der Waals surface area contributed by atoms with Gasteiger partial charge in [0.15, 0.2) is 0 Å². The highest BCUT2D eigenvalue weighted by Crippen LogP contribution is 2.30. The Bertz CT molecular complexity index is 603. The van der Waals surface area contributed by atoms with Crippen molar-refractivity contribution in [3.63, 3.8) is 0 Å². The minimum absolute atomic E-state index is 0.0592. The molecule has 0 atom stereocenters. The molecule has 1 saturated heterocycles. The van der Waals surface area contributed by atoms with E-state index in [0.29, 0.717) is 5.56 Å². The SMILES string of the molecule is Cc1csc(C(=O)O)c1S(=O)(=O)N(C)C1CCNCC1. The lowest BCUT2D eigenvalue weighted by Crippen LogP contribution is -2.44. The molecule has 0 unspecified atom stereocenters. The number of thiophene rings is 1. The number of nitrogens with zero attached hydrogens (tertiary/aromatic N) is 1. The molecular weight excluding hydrogens is 300 g/mol. The van der Waals surface area contributed by atoms with Crippen LogP contribution in [0.3, 0.4) is 0 Å². The molecule has 8 heteroatoms. The first-order valence-corrected chi connectivity index (χ1v) is 8.67. The van der Waals surface area contributed by atoms with Crippen LogP contribution < -0.4 is 5.32 Å². The highest BCUT2D eigenvalue weighted by atomic mass is 32.2. The second-order valence-corrected chi connectivity index (χ2v) is 7.70. The second kappa shape index (κ2) is 5.80. The predicted molar refractivity (Wildman–Crippen MR) is 76.9 cm³/mol. The molecule has 1 fully saturated rings. The maximum atomic E-state index is 12.7. The Labute approximate surface area is 122 Å². The lowest BCUT2D eigenvalue weighted by atomic mass is 10.1. The Hall–Kier alpha value is -0.960. The first-order chi connectivity index (χ1) is 9.35. The fourth-order valence-electron chi connectivity index (χ4n) is 2.41. The van der Waals surface area contributed by atoms with Gasteiger partial charge in [-0.3, -0.25) is 0 Å². The van der Waals surface area contributed by atoms with E-state index in [4.69, 9.17) is 5.11 Å². The average Bonchev–Trinajstić information content (AvgIpc) is 2.81. The Morgan fingerprint density at radius 1 is 1.45 bits per heavy atom. The number of nitrogens with one attached hydrogen (secondary N) is 1. The monoisotopic (exact) mass is 318 g/mol. The maximum absolute atomic E-state index is 12.7. The second-order valence-electron chi connectivity index (χ2n) is 4.88. The van der Waals surface area contributed by atoms with Gasteiger partial charge in [0.05, 0.1) is 0 Å². The van der Waals surface area contributed by atoms with Gasteiger partial charge in [-0.05, 0) is 43.8 Å². The number of aromatic carboxylic acids is 1. The summed E-state index contributed by atoms with van der Waals surface area (Å²) in [4.78, 5) is 11.0. The van der Waals surface area contributed by atoms with Gasteiger partial charge < -0.3 is 10.4 Å². The van der Waals surface area contributed by atoms with E-state index >= 15 is 0 Å². The zero-order valence-corrected chi connectivity index (χ0v) is 13.1. The molecule has 0 bridgehead atoms. The zero-order chi connectivity index (χ0) is 14.9. The minimum atomic E-state index is -3.77. The van der Waals surface area contributed by atoms with Crippen LogP contribution in [-0.2, 0) is 10.0 Å². The van der Waals surface area contributed by atoms with E-state index in [1.807, 2.05) is 0 Å². The first kappa shape index (κ1) is 15.4. The van der Waals surface area contributed by atoms with E-state index in [1.165, 1.54) is 11.4 Å². The molecule has 0 radical (unpaired) electrons. The Morgan fingerprint density at radius 2 is 2.05 bits per heavy atom. The number of hydrogen-bond acceptors (Lipinski definition) is 5. The molecule has 112 valence electrons. The molecule has 2 heterocycles. The van der Waals surface area contributed by atoms with Gasteiger partial charge in [-0.25, -0.2) is 13.2 Å². The summed E-state index contributed by atoms with van der Waals surface area (Å²) in [6.45, 7) is 3.18. The molecule has 6 nitrogen and oxygen atoms in total. The van der Waals surface area contributed by atoms with Crippen LogP contribution in [0.15, 0.2) is 10.3 Å². The number of rotatable bonds is 4. The Kier molecular flexibility index (Phi) is 4.48. The van der Waals surface area contributed by atoms with Crippen molar-refractivity contribution in [1.29, 1.82) is 0 Å². The fraction of sp³-hybridized carbons (Fsp3) is 0.583. The van der Waals surface area contributed by atoms with E-state index in [0.717, 1.165) is 37.3 Å². The third-order valence-corrected chi connectivity index (χ3v) is 6.89. The molecule has 0 aliphatic carbocycles. The van der Waals surface area contributed by atoms with Crippen molar-refractivity contribution in [1.82, 2.24) is 9.62 Å². The number of carboxylic acids is 1. The van der Waals surface area contributed by atoms with Crippen molar-refractivity contribution in [2.75, 3.05) is 20.1 Å². The molecule has 2 rings (SSSR count). The summed E-state index contributed by atoms with van der Waals surface area (Å²) < 4.78 is 26.7. The fourth-order valence-corrected chi connectivity index (χ4v) is 5.41. The van der Waals surface area contributed by atoms with Crippen molar-refractivity contribution in [3.05, 3.63) is 15.8 Å². The third-order valence-electron chi connectivity index (χ3n) is 3.57. The Morgan fingerprint density at radius 3 is 2.60 bits per heavy atom.